The Labute approximate surface area is 102 Å². The van der Waals surface area contributed by atoms with E-state index in [0.29, 0.717) is 17.9 Å². The Hall–Kier alpha value is -1.59. The predicted octanol–water partition coefficient (Wildman–Crippen LogP) is 1.74. The molecular formula is C11H20N4O2. The summed E-state index contributed by atoms with van der Waals surface area (Å²) in [5.41, 5.74) is 0. The van der Waals surface area contributed by atoms with E-state index in [0.717, 1.165) is 6.42 Å². The summed E-state index contributed by atoms with van der Waals surface area (Å²) in [6.07, 6.45) is 0.994. The van der Waals surface area contributed by atoms with Crippen LogP contribution in [0.15, 0.2) is 0 Å². The highest BCUT2D eigenvalue weighted by molar-refractivity contribution is 5.29. The number of ether oxygens (including phenoxy) is 2. The Bertz CT molecular complexity index is 335. The largest absolute Gasteiger partial charge is 0.467 e. The molecule has 0 aromatic carbocycles. The summed E-state index contributed by atoms with van der Waals surface area (Å²) in [7, 11) is 3.02. The molecule has 0 saturated heterocycles. The standard InChI is InChI=1S/C11H20N4O2/c1-6-8(7(2)3)12-9-13-10(16-4)15-11(14-9)17-5/h7-8H,6H2,1-5H3,(H,12,13,14,15). The van der Waals surface area contributed by atoms with E-state index in [9.17, 15) is 0 Å². The molecule has 0 aliphatic heterocycles. The average molecular weight is 240 g/mol. The maximum atomic E-state index is 4.99. The van der Waals surface area contributed by atoms with Crippen LogP contribution in [0.1, 0.15) is 27.2 Å². The minimum atomic E-state index is 0.248. The summed E-state index contributed by atoms with van der Waals surface area (Å²) in [6, 6.07) is 0.808. The van der Waals surface area contributed by atoms with Crippen molar-refractivity contribution in [1.82, 2.24) is 15.0 Å². The fourth-order valence-electron chi connectivity index (χ4n) is 1.49. The summed E-state index contributed by atoms with van der Waals surface area (Å²) in [5, 5.41) is 3.26. The highest BCUT2D eigenvalue weighted by Gasteiger charge is 2.14. The summed E-state index contributed by atoms with van der Waals surface area (Å²) < 4.78 is 9.98. The van der Waals surface area contributed by atoms with Crippen molar-refractivity contribution >= 4 is 5.95 Å². The zero-order chi connectivity index (χ0) is 12.8. The van der Waals surface area contributed by atoms with Crippen molar-refractivity contribution in [2.24, 2.45) is 5.92 Å². The molecule has 6 nitrogen and oxygen atoms in total. The quantitative estimate of drug-likeness (QED) is 0.816. The molecule has 6 heteroatoms. The van der Waals surface area contributed by atoms with E-state index in [-0.39, 0.29) is 12.0 Å². The zero-order valence-corrected chi connectivity index (χ0v) is 11.0. The van der Waals surface area contributed by atoms with Crippen LogP contribution in [0.3, 0.4) is 0 Å². The molecule has 1 N–H and O–H groups in total. The highest BCUT2D eigenvalue weighted by Crippen LogP contribution is 2.16. The number of anilines is 1. The zero-order valence-electron chi connectivity index (χ0n) is 11.0. The van der Waals surface area contributed by atoms with Crippen LogP contribution in [0.2, 0.25) is 0 Å². The van der Waals surface area contributed by atoms with Gasteiger partial charge in [0.05, 0.1) is 14.2 Å². The van der Waals surface area contributed by atoms with Gasteiger partial charge in [0.25, 0.3) is 0 Å². The van der Waals surface area contributed by atoms with Crippen LogP contribution in [-0.4, -0.2) is 35.2 Å². The van der Waals surface area contributed by atoms with E-state index < -0.39 is 0 Å². The third-order valence-corrected chi connectivity index (χ3v) is 2.52. The third kappa shape index (κ3) is 3.72. The van der Waals surface area contributed by atoms with Gasteiger partial charge in [-0.15, -0.1) is 4.98 Å². The molecule has 0 bridgehead atoms. The first-order valence-corrected chi connectivity index (χ1v) is 5.71. The van der Waals surface area contributed by atoms with Gasteiger partial charge in [0.15, 0.2) is 0 Å². The van der Waals surface area contributed by atoms with Crippen LogP contribution in [0, 0.1) is 5.92 Å². The van der Waals surface area contributed by atoms with Crippen molar-refractivity contribution < 1.29 is 9.47 Å². The third-order valence-electron chi connectivity index (χ3n) is 2.52. The normalized spacial score (nSPS) is 12.4. The molecule has 0 fully saturated rings. The van der Waals surface area contributed by atoms with Crippen molar-refractivity contribution in [3.8, 4) is 12.0 Å². The van der Waals surface area contributed by atoms with Crippen LogP contribution in [0.25, 0.3) is 0 Å². The number of rotatable bonds is 6. The van der Waals surface area contributed by atoms with Crippen LogP contribution < -0.4 is 14.8 Å². The second kappa shape index (κ2) is 6.22. The van der Waals surface area contributed by atoms with Crippen molar-refractivity contribution in [2.75, 3.05) is 19.5 Å². The van der Waals surface area contributed by atoms with Gasteiger partial charge in [-0.05, 0) is 12.3 Å². The van der Waals surface area contributed by atoms with Crippen molar-refractivity contribution in [3.05, 3.63) is 0 Å². The molecule has 0 amide bonds. The van der Waals surface area contributed by atoms with Crippen LogP contribution in [0.4, 0.5) is 5.95 Å². The molecule has 96 valence electrons. The lowest BCUT2D eigenvalue weighted by molar-refractivity contribution is 0.340. The molecular weight excluding hydrogens is 220 g/mol. The van der Waals surface area contributed by atoms with E-state index in [1.165, 1.54) is 14.2 Å². The lowest BCUT2D eigenvalue weighted by atomic mass is 10.0. The highest BCUT2D eigenvalue weighted by atomic mass is 16.5. The minimum Gasteiger partial charge on any atom is -0.467 e. The molecule has 1 atom stereocenters. The van der Waals surface area contributed by atoms with Gasteiger partial charge >= 0.3 is 12.0 Å². The Morgan fingerprint density at radius 1 is 1.06 bits per heavy atom. The van der Waals surface area contributed by atoms with Gasteiger partial charge in [0, 0.05) is 6.04 Å². The van der Waals surface area contributed by atoms with E-state index in [4.69, 9.17) is 9.47 Å². The van der Waals surface area contributed by atoms with Crippen LogP contribution in [-0.2, 0) is 0 Å². The monoisotopic (exact) mass is 240 g/mol. The summed E-state index contributed by atoms with van der Waals surface area (Å²) in [5.74, 6) is 0.975. The maximum absolute atomic E-state index is 4.99. The predicted molar refractivity (Wildman–Crippen MR) is 65.5 cm³/mol. The van der Waals surface area contributed by atoms with E-state index >= 15 is 0 Å². The summed E-state index contributed by atoms with van der Waals surface area (Å²) in [4.78, 5) is 12.2. The van der Waals surface area contributed by atoms with Gasteiger partial charge < -0.3 is 14.8 Å². The van der Waals surface area contributed by atoms with Crippen molar-refractivity contribution in [1.29, 1.82) is 0 Å². The van der Waals surface area contributed by atoms with Gasteiger partial charge in [-0.1, -0.05) is 20.8 Å². The number of hydrogen-bond acceptors (Lipinski definition) is 6. The van der Waals surface area contributed by atoms with Crippen molar-refractivity contribution in [2.45, 2.75) is 33.2 Å². The first-order valence-electron chi connectivity index (χ1n) is 5.71. The minimum absolute atomic E-state index is 0.248. The Morgan fingerprint density at radius 2 is 1.59 bits per heavy atom. The lowest BCUT2D eigenvalue weighted by Gasteiger charge is -2.20. The number of aromatic nitrogens is 3. The molecule has 0 spiro atoms. The molecule has 17 heavy (non-hydrogen) atoms. The second-order valence-electron chi connectivity index (χ2n) is 4.04. The van der Waals surface area contributed by atoms with Gasteiger partial charge in [-0.3, -0.25) is 0 Å². The van der Waals surface area contributed by atoms with Crippen LogP contribution >= 0.6 is 0 Å². The summed E-state index contributed by atoms with van der Waals surface area (Å²) in [6.45, 7) is 6.42. The van der Waals surface area contributed by atoms with E-state index in [1.54, 1.807) is 0 Å². The number of hydrogen-bond donors (Lipinski definition) is 1. The second-order valence-corrected chi connectivity index (χ2v) is 4.04. The number of nitrogens with one attached hydrogen (secondary N) is 1. The Balaban J connectivity index is 2.89. The fraction of sp³-hybridized carbons (Fsp3) is 0.727. The molecule has 0 aliphatic rings. The Kier molecular flexibility index (Phi) is 4.93. The van der Waals surface area contributed by atoms with Crippen molar-refractivity contribution in [3.63, 3.8) is 0 Å². The first kappa shape index (κ1) is 13.5. The molecule has 1 aromatic rings. The van der Waals surface area contributed by atoms with Gasteiger partial charge in [-0.2, -0.15) is 9.97 Å². The fourth-order valence-corrected chi connectivity index (χ4v) is 1.49. The van der Waals surface area contributed by atoms with E-state index in [2.05, 4.69) is 41.0 Å². The molecule has 0 saturated carbocycles. The first-order chi connectivity index (χ1) is 8.10. The maximum Gasteiger partial charge on any atom is 0.324 e. The van der Waals surface area contributed by atoms with Gasteiger partial charge in [0.1, 0.15) is 0 Å². The number of nitrogens with zero attached hydrogens (tertiary/aromatic N) is 3. The van der Waals surface area contributed by atoms with E-state index in [1.807, 2.05) is 0 Å². The molecule has 1 heterocycles. The molecule has 1 unspecified atom stereocenters. The molecule has 0 radical (unpaired) electrons. The smallest absolute Gasteiger partial charge is 0.324 e. The topological polar surface area (TPSA) is 69.2 Å². The average Bonchev–Trinajstić information content (AvgIpc) is 2.34. The SMILES string of the molecule is CCC(Nc1nc(OC)nc(OC)n1)C(C)C. The van der Waals surface area contributed by atoms with Crippen LogP contribution in [0.5, 0.6) is 12.0 Å². The molecule has 0 aliphatic carbocycles. The summed E-state index contributed by atoms with van der Waals surface area (Å²) >= 11 is 0. The lowest BCUT2D eigenvalue weighted by Crippen LogP contribution is -2.26. The Morgan fingerprint density at radius 3 is 1.94 bits per heavy atom. The van der Waals surface area contributed by atoms with Gasteiger partial charge in [-0.25, -0.2) is 0 Å². The molecule has 1 aromatic heterocycles. The van der Waals surface area contributed by atoms with Gasteiger partial charge in [0.2, 0.25) is 5.95 Å². The molecule has 1 rings (SSSR count). The number of methoxy groups -OCH3 is 2.